The molecule has 2 rings (SSSR count). The van der Waals surface area contributed by atoms with Crippen LogP contribution < -0.4 is 5.32 Å². The Morgan fingerprint density at radius 2 is 1.84 bits per heavy atom. The van der Waals surface area contributed by atoms with Crippen molar-refractivity contribution in [3.8, 4) is 0 Å². The van der Waals surface area contributed by atoms with Crippen LogP contribution >= 0.6 is 0 Å². The Labute approximate surface area is 148 Å². The largest absolute Gasteiger partial charge is 0.377 e. The molecule has 1 atom stereocenters. The van der Waals surface area contributed by atoms with E-state index in [4.69, 9.17) is 0 Å². The Morgan fingerprint density at radius 3 is 2.40 bits per heavy atom. The van der Waals surface area contributed by atoms with Gasteiger partial charge in [0.1, 0.15) is 5.69 Å². The maximum absolute atomic E-state index is 11.6. The molecule has 1 N–H and O–H groups in total. The van der Waals surface area contributed by atoms with E-state index in [2.05, 4.69) is 17.4 Å². The molecule has 2 aromatic rings. The number of nitro benzene ring substituents is 1. The van der Waals surface area contributed by atoms with Crippen LogP contribution in [0.3, 0.4) is 0 Å². The van der Waals surface area contributed by atoms with Crippen molar-refractivity contribution < 1.29 is 13.3 Å². The summed E-state index contributed by atoms with van der Waals surface area (Å²) < 4.78 is 23.2. The topological polar surface area (TPSA) is 89.3 Å². The zero-order valence-corrected chi connectivity index (χ0v) is 15.6. The van der Waals surface area contributed by atoms with E-state index in [-0.39, 0.29) is 16.6 Å². The molecule has 0 aliphatic rings. The lowest BCUT2D eigenvalue weighted by Gasteiger charge is -2.17. The van der Waals surface area contributed by atoms with Crippen LogP contribution in [0.4, 0.5) is 11.4 Å². The first kappa shape index (κ1) is 18.9. The first-order valence-corrected chi connectivity index (χ1v) is 9.78. The average molecular weight is 362 g/mol. The van der Waals surface area contributed by atoms with Crippen molar-refractivity contribution in [3.05, 3.63) is 63.2 Å². The summed E-state index contributed by atoms with van der Waals surface area (Å²) in [6.07, 6.45) is 1.74. The van der Waals surface area contributed by atoms with E-state index in [1.165, 1.54) is 28.8 Å². The second kappa shape index (κ2) is 7.23. The lowest BCUT2D eigenvalue weighted by atomic mass is 10.00. The molecule has 0 bridgehead atoms. The predicted octanol–water partition coefficient (Wildman–Crippen LogP) is 3.66. The first-order chi connectivity index (χ1) is 11.6. The number of nitrogens with zero attached hydrogens (tertiary/aromatic N) is 1. The van der Waals surface area contributed by atoms with Gasteiger partial charge >= 0.3 is 0 Å². The molecule has 0 saturated heterocycles. The molecule has 6 nitrogen and oxygen atoms in total. The maximum atomic E-state index is 11.6. The quantitative estimate of drug-likeness (QED) is 0.626. The van der Waals surface area contributed by atoms with Crippen LogP contribution in [0.5, 0.6) is 0 Å². The minimum atomic E-state index is -3.49. The van der Waals surface area contributed by atoms with Gasteiger partial charge in [0.25, 0.3) is 5.69 Å². The molecule has 2 aromatic carbocycles. The highest BCUT2D eigenvalue weighted by Crippen LogP contribution is 2.28. The number of hydrogen-bond acceptors (Lipinski definition) is 5. The van der Waals surface area contributed by atoms with Crippen LogP contribution in [0.2, 0.25) is 0 Å². The molecule has 0 fully saturated rings. The van der Waals surface area contributed by atoms with Gasteiger partial charge in [0.2, 0.25) is 0 Å². The van der Waals surface area contributed by atoms with Gasteiger partial charge in [-0.25, -0.2) is 8.42 Å². The summed E-state index contributed by atoms with van der Waals surface area (Å²) in [5.41, 5.74) is 3.61. The Bertz CT molecular complexity index is 907. The third-order valence-corrected chi connectivity index (χ3v) is 5.13. The molecule has 0 aromatic heterocycles. The van der Waals surface area contributed by atoms with Crippen LogP contribution in [-0.2, 0) is 16.3 Å². The van der Waals surface area contributed by atoms with Gasteiger partial charge in [0, 0.05) is 18.4 Å². The lowest BCUT2D eigenvalue weighted by Crippen LogP contribution is -2.19. The van der Waals surface area contributed by atoms with E-state index in [0.29, 0.717) is 12.1 Å². The van der Waals surface area contributed by atoms with Crippen molar-refractivity contribution in [2.75, 3.05) is 11.6 Å². The van der Waals surface area contributed by atoms with Gasteiger partial charge in [0.05, 0.1) is 9.82 Å². The van der Waals surface area contributed by atoms with Gasteiger partial charge in [-0.05, 0) is 50.5 Å². The summed E-state index contributed by atoms with van der Waals surface area (Å²) in [5, 5.41) is 14.4. The number of rotatable bonds is 6. The second-order valence-corrected chi connectivity index (χ2v) is 8.40. The van der Waals surface area contributed by atoms with E-state index >= 15 is 0 Å². The monoisotopic (exact) mass is 362 g/mol. The number of nitrogens with one attached hydrogen (secondary N) is 1. The summed E-state index contributed by atoms with van der Waals surface area (Å²) in [5.74, 6) is 0. The van der Waals surface area contributed by atoms with Crippen molar-refractivity contribution in [1.82, 2.24) is 0 Å². The molecule has 25 heavy (non-hydrogen) atoms. The van der Waals surface area contributed by atoms with Crippen LogP contribution in [0.15, 0.2) is 41.3 Å². The van der Waals surface area contributed by atoms with Gasteiger partial charge in [-0.3, -0.25) is 10.1 Å². The van der Waals surface area contributed by atoms with Crippen molar-refractivity contribution in [3.63, 3.8) is 0 Å². The zero-order valence-electron chi connectivity index (χ0n) is 14.7. The van der Waals surface area contributed by atoms with Crippen LogP contribution in [-0.4, -0.2) is 25.6 Å². The first-order valence-electron chi connectivity index (χ1n) is 7.89. The Hall–Kier alpha value is -2.41. The fraction of sp³-hybridized carbons (Fsp3) is 0.333. The van der Waals surface area contributed by atoms with E-state index in [1.54, 1.807) is 0 Å². The van der Waals surface area contributed by atoms with Crippen molar-refractivity contribution >= 4 is 21.2 Å². The number of nitro groups is 1. The highest BCUT2D eigenvalue weighted by Gasteiger charge is 2.20. The number of benzene rings is 2. The van der Waals surface area contributed by atoms with E-state index in [0.717, 1.165) is 12.3 Å². The fourth-order valence-electron chi connectivity index (χ4n) is 2.74. The highest BCUT2D eigenvalue weighted by molar-refractivity contribution is 7.90. The molecule has 0 radical (unpaired) electrons. The van der Waals surface area contributed by atoms with Crippen molar-refractivity contribution in [2.24, 2.45) is 0 Å². The van der Waals surface area contributed by atoms with Gasteiger partial charge < -0.3 is 5.32 Å². The predicted molar refractivity (Wildman–Crippen MR) is 98.9 cm³/mol. The van der Waals surface area contributed by atoms with Crippen LogP contribution in [0.1, 0.15) is 23.6 Å². The molecule has 1 unspecified atom stereocenters. The SMILES string of the molecule is Cc1ccc(CC(C)Nc2ccc(S(C)(=O)=O)cc2[N+](=O)[O-])c(C)c1. The number of sulfone groups is 1. The van der Waals surface area contributed by atoms with E-state index in [9.17, 15) is 18.5 Å². The summed E-state index contributed by atoms with van der Waals surface area (Å²) in [7, 11) is -3.49. The molecule has 0 saturated carbocycles. The molecule has 0 amide bonds. The number of anilines is 1. The normalized spacial score (nSPS) is 12.6. The summed E-state index contributed by atoms with van der Waals surface area (Å²) >= 11 is 0. The van der Waals surface area contributed by atoms with Gasteiger partial charge in [0.15, 0.2) is 9.84 Å². The van der Waals surface area contributed by atoms with Gasteiger partial charge in [-0.1, -0.05) is 23.8 Å². The lowest BCUT2D eigenvalue weighted by molar-refractivity contribution is -0.384. The zero-order chi connectivity index (χ0) is 18.8. The molecular weight excluding hydrogens is 340 g/mol. The summed E-state index contributed by atoms with van der Waals surface area (Å²) in [6.45, 7) is 6.01. The molecule has 7 heteroatoms. The van der Waals surface area contributed by atoms with Gasteiger partial charge in [-0.2, -0.15) is 0 Å². The van der Waals surface area contributed by atoms with Crippen LogP contribution in [0, 0.1) is 24.0 Å². The van der Waals surface area contributed by atoms with Crippen molar-refractivity contribution in [1.29, 1.82) is 0 Å². The Morgan fingerprint density at radius 1 is 1.16 bits per heavy atom. The minimum Gasteiger partial charge on any atom is -0.377 e. The summed E-state index contributed by atoms with van der Waals surface area (Å²) in [6, 6.07) is 10.1. The highest BCUT2D eigenvalue weighted by atomic mass is 32.2. The molecule has 0 aliphatic carbocycles. The molecule has 134 valence electrons. The van der Waals surface area contributed by atoms with Crippen LogP contribution in [0.25, 0.3) is 0 Å². The number of hydrogen-bond donors (Lipinski definition) is 1. The summed E-state index contributed by atoms with van der Waals surface area (Å²) in [4.78, 5) is 10.7. The molecular formula is C18H22N2O4S. The van der Waals surface area contributed by atoms with E-state index in [1.807, 2.05) is 26.8 Å². The third-order valence-electron chi connectivity index (χ3n) is 4.02. The minimum absolute atomic E-state index is 0.0517. The molecule has 0 spiro atoms. The fourth-order valence-corrected chi connectivity index (χ4v) is 3.38. The Kier molecular flexibility index (Phi) is 5.47. The smallest absolute Gasteiger partial charge is 0.293 e. The molecule has 0 aliphatic heterocycles. The van der Waals surface area contributed by atoms with Gasteiger partial charge in [-0.15, -0.1) is 0 Å². The van der Waals surface area contributed by atoms with E-state index < -0.39 is 14.8 Å². The second-order valence-electron chi connectivity index (χ2n) is 6.39. The number of aryl methyl sites for hydroxylation is 2. The Balaban J connectivity index is 2.25. The average Bonchev–Trinajstić information content (AvgIpc) is 2.49. The standard InChI is InChI=1S/C18H22N2O4S/c1-12-5-6-15(13(2)9-12)10-14(3)19-17-8-7-16(25(4,23)24)11-18(17)20(21)22/h5-9,11,14,19H,10H2,1-4H3. The molecule has 0 heterocycles. The van der Waals surface area contributed by atoms with Crippen molar-refractivity contribution in [2.45, 2.75) is 38.1 Å². The maximum Gasteiger partial charge on any atom is 0.293 e. The third kappa shape index (κ3) is 4.79.